The van der Waals surface area contributed by atoms with Gasteiger partial charge in [-0.2, -0.15) is 0 Å². The molecule has 0 spiro atoms. The number of benzene rings is 1. The molecule has 0 atom stereocenters. The third kappa shape index (κ3) is 5.13. The Bertz CT molecular complexity index is 622. The van der Waals surface area contributed by atoms with E-state index in [2.05, 4.69) is 5.32 Å². The van der Waals surface area contributed by atoms with Gasteiger partial charge in [0.15, 0.2) is 6.61 Å². The highest BCUT2D eigenvalue weighted by Crippen LogP contribution is 2.21. The topological polar surface area (TPSA) is 75.7 Å². The minimum atomic E-state index is -3.29. The number of anilines is 1. The Morgan fingerprint density at radius 3 is 2.39 bits per heavy atom. The van der Waals surface area contributed by atoms with Crippen molar-refractivity contribution in [2.24, 2.45) is 0 Å². The van der Waals surface area contributed by atoms with Gasteiger partial charge in [0.2, 0.25) is 10.0 Å². The van der Waals surface area contributed by atoms with Gasteiger partial charge in [-0.1, -0.05) is 12.8 Å². The van der Waals surface area contributed by atoms with E-state index in [1.807, 2.05) is 0 Å². The fraction of sp³-hybridized carbons (Fsp3) is 0.562. The third-order valence-corrected chi connectivity index (χ3v) is 5.17. The quantitative estimate of drug-likeness (QED) is 0.823. The maximum atomic E-state index is 11.8. The molecule has 1 fully saturated rings. The highest BCUT2D eigenvalue weighted by Gasteiger charge is 2.17. The van der Waals surface area contributed by atoms with Crippen LogP contribution in [0.1, 0.15) is 32.6 Å². The van der Waals surface area contributed by atoms with Crippen molar-refractivity contribution in [2.75, 3.05) is 23.7 Å². The van der Waals surface area contributed by atoms with Crippen molar-refractivity contribution in [1.29, 1.82) is 0 Å². The first-order chi connectivity index (χ1) is 10.9. The number of nitrogens with zero attached hydrogens (tertiary/aromatic N) is 1. The summed E-state index contributed by atoms with van der Waals surface area (Å²) in [6.45, 7) is 2.11. The van der Waals surface area contributed by atoms with Crippen LogP contribution >= 0.6 is 0 Å². The molecule has 6 nitrogen and oxygen atoms in total. The summed E-state index contributed by atoms with van der Waals surface area (Å²) in [4.78, 5) is 11.8. The lowest BCUT2D eigenvalue weighted by molar-refractivity contribution is -0.123. The van der Waals surface area contributed by atoms with Gasteiger partial charge in [-0.3, -0.25) is 9.10 Å². The van der Waals surface area contributed by atoms with Crippen LogP contribution in [-0.2, 0) is 14.8 Å². The Hall–Kier alpha value is -1.76. The Labute approximate surface area is 137 Å². The number of rotatable bonds is 7. The van der Waals surface area contributed by atoms with Gasteiger partial charge < -0.3 is 10.1 Å². The zero-order valence-corrected chi connectivity index (χ0v) is 14.4. The largest absolute Gasteiger partial charge is 0.484 e. The highest BCUT2D eigenvalue weighted by atomic mass is 32.2. The van der Waals surface area contributed by atoms with E-state index in [1.165, 1.54) is 23.4 Å². The number of carbonyl (C=O) groups excluding carboxylic acids is 1. The summed E-state index contributed by atoms with van der Waals surface area (Å²) in [5.74, 6) is 0.423. The molecular formula is C16H24N2O4S. The minimum absolute atomic E-state index is 0.0284. The van der Waals surface area contributed by atoms with Gasteiger partial charge in [0.1, 0.15) is 5.75 Å². The zero-order valence-electron chi connectivity index (χ0n) is 13.6. The van der Waals surface area contributed by atoms with Crippen LogP contribution < -0.4 is 14.4 Å². The second-order valence-electron chi connectivity index (χ2n) is 5.76. The number of amides is 1. The van der Waals surface area contributed by atoms with E-state index in [0.29, 0.717) is 18.0 Å². The molecule has 1 aliphatic carbocycles. The first kappa shape index (κ1) is 17.6. The lowest BCUT2D eigenvalue weighted by atomic mass is 10.2. The van der Waals surface area contributed by atoms with Crippen LogP contribution in [0.3, 0.4) is 0 Å². The molecule has 1 saturated carbocycles. The highest BCUT2D eigenvalue weighted by molar-refractivity contribution is 7.92. The first-order valence-electron chi connectivity index (χ1n) is 7.90. The second-order valence-corrected chi connectivity index (χ2v) is 7.67. The maximum Gasteiger partial charge on any atom is 0.258 e. The van der Waals surface area contributed by atoms with Gasteiger partial charge in [0.05, 0.1) is 11.9 Å². The Morgan fingerprint density at radius 1 is 1.26 bits per heavy atom. The standard InChI is InChI=1S/C16H24N2O4S/c1-3-18(23(2,20)21)14-8-10-15(11-9-14)22-12-16(19)17-13-6-4-5-7-13/h8-11,13H,3-7,12H2,1-2H3,(H,17,19). The van der Waals surface area contributed by atoms with E-state index in [1.54, 1.807) is 31.2 Å². The molecule has 1 aliphatic rings. The number of ether oxygens (including phenoxy) is 1. The number of nitrogens with one attached hydrogen (secondary N) is 1. The van der Waals surface area contributed by atoms with Crippen LogP contribution in [0, 0.1) is 0 Å². The third-order valence-electron chi connectivity index (χ3n) is 3.90. The minimum Gasteiger partial charge on any atom is -0.484 e. The van der Waals surface area contributed by atoms with E-state index in [0.717, 1.165) is 12.8 Å². The summed E-state index contributed by atoms with van der Waals surface area (Å²) in [5.41, 5.74) is 0.581. The van der Waals surface area contributed by atoms with Crippen molar-refractivity contribution in [3.05, 3.63) is 24.3 Å². The molecule has 2 rings (SSSR count). The predicted molar refractivity (Wildman–Crippen MR) is 90.2 cm³/mol. The van der Waals surface area contributed by atoms with Gasteiger partial charge in [0, 0.05) is 12.6 Å². The monoisotopic (exact) mass is 340 g/mol. The summed E-state index contributed by atoms with van der Waals surface area (Å²) in [6.07, 6.45) is 5.59. The molecule has 0 unspecified atom stereocenters. The van der Waals surface area contributed by atoms with Crippen molar-refractivity contribution < 1.29 is 17.9 Å². The van der Waals surface area contributed by atoms with Crippen molar-refractivity contribution in [3.63, 3.8) is 0 Å². The molecule has 0 bridgehead atoms. The molecule has 0 saturated heterocycles. The summed E-state index contributed by atoms with van der Waals surface area (Å²) < 4.78 is 30.1. The van der Waals surface area contributed by atoms with Crippen LogP contribution in [0.25, 0.3) is 0 Å². The smallest absolute Gasteiger partial charge is 0.258 e. The summed E-state index contributed by atoms with van der Waals surface area (Å²) in [5, 5.41) is 2.96. The first-order valence-corrected chi connectivity index (χ1v) is 9.75. The summed E-state index contributed by atoms with van der Waals surface area (Å²) in [7, 11) is -3.29. The summed E-state index contributed by atoms with van der Waals surface area (Å²) >= 11 is 0. The molecule has 1 aromatic carbocycles. The molecule has 0 heterocycles. The van der Waals surface area contributed by atoms with Crippen LogP contribution in [0.5, 0.6) is 5.75 Å². The molecule has 23 heavy (non-hydrogen) atoms. The molecule has 128 valence electrons. The van der Waals surface area contributed by atoms with Gasteiger partial charge in [-0.25, -0.2) is 8.42 Å². The van der Waals surface area contributed by atoms with Gasteiger partial charge >= 0.3 is 0 Å². The van der Waals surface area contributed by atoms with Gasteiger partial charge in [0.25, 0.3) is 5.91 Å². The average molecular weight is 340 g/mol. The lowest BCUT2D eigenvalue weighted by Crippen LogP contribution is -2.36. The molecule has 1 N–H and O–H groups in total. The SMILES string of the molecule is CCN(c1ccc(OCC(=O)NC2CCCC2)cc1)S(C)(=O)=O. The molecule has 0 aliphatic heterocycles. The van der Waals surface area contributed by atoms with Crippen molar-refractivity contribution >= 4 is 21.6 Å². The molecule has 7 heteroatoms. The zero-order chi connectivity index (χ0) is 16.9. The number of sulfonamides is 1. The molecular weight excluding hydrogens is 316 g/mol. The van der Waals surface area contributed by atoms with Gasteiger partial charge in [-0.05, 0) is 44.0 Å². The average Bonchev–Trinajstić information content (AvgIpc) is 2.98. The molecule has 1 amide bonds. The second kappa shape index (κ2) is 7.68. The maximum absolute atomic E-state index is 11.8. The Balaban J connectivity index is 1.88. The predicted octanol–water partition coefficient (Wildman–Crippen LogP) is 1.91. The van der Waals surface area contributed by atoms with E-state index in [-0.39, 0.29) is 18.6 Å². The number of carbonyl (C=O) groups is 1. The Morgan fingerprint density at radius 2 is 1.87 bits per heavy atom. The van der Waals surface area contributed by atoms with Crippen molar-refractivity contribution in [2.45, 2.75) is 38.6 Å². The molecule has 0 radical (unpaired) electrons. The van der Waals surface area contributed by atoms with Gasteiger partial charge in [-0.15, -0.1) is 0 Å². The molecule has 1 aromatic rings. The molecule has 0 aromatic heterocycles. The van der Waals surface area contributed by atoms with Crippen LogP contribution in [0.4, 0.5) is 5.69 Å². The number of hydrogen-bond acceptors (Lipinski definition) is 4. The summed E-state index contributed by atoms with van der Waals surface area (Å²) in [6, 6.07) is 6.98. The van der Waals surface area contributed by atoms with E-state index in [9.17, 15) is 13.2 Å². The van der Waals surface area contributed by atoms with Crippen LogP contribution in [0.15, 0.2) is 24.3 Å². The van der Waals surface area contributed by atoms with E-state index < -0.39 is 10.0 Å². The van der Waals surface area contributed by atoms with Crippen molar-refractivity contribution in [3.8, 4) is 5.75 Å². The normalized spacial score (nSPS) is 15.4. The fourth-order valence-electron chi connectivity index (χ4n) is 2.81. The van der Waals surface area contributed by atoms with Crippen LogP contribution in [0.2, 0.25) is 0 Å². The van der Waals surface area contributed by atoms with E-state index >= 15 is 0 Å². The van der Waals surface area contributed by atoms with Crippen molar-refractivity contribution in [1.82, 2.24) is 5.32 Å². The number of hydrogen-bond donors (Lipinski definition) is 1. The van der Waals surface area contributed by atoms with Crippen LogP contribution in [-0.4, -0.2) is 39.8 Å². The fourth-order valence-corrected chi connectivity index (χ4v) is 3.78. The van der Waals surface area contributed by atoms with E-state index in [4.69, 9.17) is 4.74 Å². The lowest BCUT2D eigenvalue weighted by Gasteiger charge is -2.20. The Kier molecular flexibility index (Phi) is 5.87.